The van der Waals surface area contributed by atoms with Crippen molar-refractivity contribution in [3.63, 3.8) is 0 Å². The van der Waals surface area contributed by atoms with E-state index in [0.717, 1.165) is 44.7 Å². The molecule has 208 valence electrons. The molecule has 0 spiro atoms. The number of furan rings is 1. The zero-order valence-corrected chi connectivity index (χ0v) is 23.1. The molecule has 0 saturated heterocycles. The van der Waals surface area contributed by atoms with E-state index in [0.29, 0.717) is 35.1 Å². The van der Waals surface area contributed by atoms with E-state index >= 15 is 0 Å². The first-order valence-electron chi connectivity index (χ1n) is 13.4. The molecule has 2 aromatic carbocycles. The number of amides is 2. The van der Waals surface area contributed by atoms with Crippen molar-refractivity contribution in [1.82, 2.24) is 24.7 Å². The standard InChI is InChI=1S/C31H26N8O3/c1-17-13-33-31(35-26-12-18(2)38(3)37-26)36-27(17)22-14-32-28-20(22)6-5-9-25(28)39-15-23-21(30(39)41)7-4-8-24(23)34-29(40)19-10-11-42-16-19/h4-14,16,32H,15H2,1-3H3,(H,34,40)(H,33,35,36,37). The summed E-state index contributed by atoms with van der Waals surface area (Å²) in [5.41, 5.74) is 7.44. The molecule has 42 heavy (non-hydrogen) atoms. The number of nitrogens with one attached hydrogen (secondary N) is 3. The molecule has 7 rings (SSSR count). The minimum absolute atomic E-state index is 0.136. The number of hydrogen-bond acceptors (Lipinski definition) is 7. The minimum Gasteiger partial charge on any atom is -0.472 e. The molecule has 0 unspecified atom stereocenters. The van der Waals surface area contributed by atoms with Crippen LogP contribution in [0.5, 0.6) is 0 Å². The van der Waals surface area contributed by atoms with Crippen molar-refractivity contribution in [3.05, 3.63) is 101 Å². The molecule has 0 saturated carbocycles. The summed E-state index contributed by atoms with van der Waals surface area (Å²) in [7, 11) is 1.88. The monoisotopic (exact) mass is 558 g/mol. The number of aromatic amines is 1. The Hall–Kier alpha value is -5.71. The predicted octanol–water partition coefficient (Wildman–Crippen LogP) is 5.72. The van der Waals surface area contributed by atoms with Crippen LogP contribution < -0.4 is 15.5 Å². The lowest BCUT2D eigenvalue weighted by Crippen LogP contribution is -2.23. The summed E-state index contributed by atoms with van der Waals surface area (Å²) >= 11 is 0. The maximum Gasteiger partial charge on any atom is 0.259 e. The van der Waals surface area contributed by atoms with Crippen molar-refractivity contribution in [1.29, 1.82) is 0 Å². The highest BCUT2D eigenvalue weighted by molar-refractivity contribution is 6.16. The zero-order valence-electron chi connectivity index (χ0n) is 23.1. The predicted molar refractivity (Wildman–Crippen MR) is 159 cm³/mol. The van der Waals surface area contributed by atoms with E-state index in [1.165, 1.54) is 12.5 Å². The van der Waals surface area contributed by atoms with Crippen molar-refractivity contribution in [2.75, 3.05) is 15.5 Å². The van der Waals surface area contributed by atoms with E-state index in [2.05, 4.69) is 25.7 Å². The quantitative estimate of drug-likeness (QED) is 0.238. The first kappa shape index (κ1) is 25.3. The molecule has 0 bridgehead atoms. The maximum atomic E-state index is 13.6. The molecule has 1 aliphatic rings. The molecule has 2 amide bonds. The molecule has 0 atom stereocenters. The van der Waals surface area contributed by atoms with Crippen LogP contribution in [0.25, 0.3) is 22.2 Å². The van der Waals surface area contributed by atoms with Gasteiger partial charge in [-0.25, -0.2) is 9.97 Å². The third-order valence-electron chi connectivity index (χ3n) is 7.56. The van der Waals surface area contributed by atoms with Gasteiger partial charge < -0.3 is 24.9 Å². The number of fused-ring (bicyclic) bond motifs is 2. The van der Waals surface area contributed by atoms with Crippen LogP contribution in [0.15, 0.2) is 77.9 Å². The van der Waals surface area contributed by atoms with Gasteiger partial charge >= 0.3 is 0 Å². The van der Waals surface area contributed by atoms with Crippen LogP contribution in [-0.4, -0.2) is 36.5 Å². The van der Waals surface area contributed by atoms with Gasteiger partial charge in [0.2, 0.25) is 5.95 Å². The topological polar surface area (TPSA) is 134 Å². The van der Waals surface area contributed by atoms with Gasteiger partial charge in [0, 0.05) is 59.0 Å². The summed E-state index contributed by atoms with van der Waals surface area (Å²) in [6, 6.07) is 14.7. The molecule has 0 aliphatic carbocycles. The number of rotatable bonds is 6. The summed E-state index contributed by atoms with van der Waals surface area (Å²) < 4.78 is 6.82. The van der Waals surface area contributed by atoms with E-state index in [4.69, 9.17) is 9.40 Å². The summed E-state index contributed by atoms with van der Waals surface area (Å²) in [6.07, 6.45) is 6.52. The van der Waals surface area contributed by atoms with Gasteiger partial charge in [-0.15, -0.1) is 0 Å². The number of aryl methyl sites for hydroxylation is 3. The number of para-hydroxylation sites is 1. The van der Waals surface area contributed by atoms with Crippen LogP contribution >= 0.6 is 0 Å². The van der Waals surface area contributed by atoms with Crippen molar-refractivity contribution >= 4 is 45.9 Å². The highest BCUT2D eigenvalue weighted by Crippen LogP contribution is 2.39. The largest absolute Gasteiger partial charge is 0.472 e. The molecule has 11 nitrogen and oxygen atoms in total. The Morgan fingerprint density at radius 2 is 1.95 bits per heavy atom. The Bertz CT molecular complexity index is 1980. The van der Waals surface area contributed by atoms with Crippen LogP contribution in [0.1, 0.15) is 37.5 Å². The molecule has 1 aliphatic heterocycles. The molecule has 4 aromatic heterocycles. The van der Waals surface area contributed by atoms with Crippen LogP contribution in [0.2, 0.25) is 0 Å². The fourth-order valence-electron chi connectivity index (χ4n) is 5.30. The fraction of sp³-hybridized carbons (Fsp3) is 0.129. The van der Waals surface area contributed by atoms with Crippen LogP contribution in [0, 0.1) is 13.8 Å². The second kappa shape index (κ2) is 9.73. The lowest BCUT2D eigenvalue weighted by Gasteiger charge is -2.17. The highest BCUT2D eigenvalue weighted by Gasteiger charge is 2.32. The lowest BCUT2D eigenvalue weighted by molar-refractivity contribution is 0.0994. The van der Waals surface area contributed by atoms with Gasteiger partial charge in [-0.1, -0.05) is 18.2 Å². The molecule has 3 N–H and O–H groups in total. The first-order chi connectivity index (χ1) is 20.4. The molecule has 0 radical (unpaired) electrons. The number of carbonyl (C=O) groups excluding carboxylic acids is 2. The smallest absolute Gasteiger partial charge is 0.259 e. The summed E-state index contributed by atoms with van der Waals surface area (Å²) in [4.78, 5) is 40.7. The molecule has 5 heterocycles. The van der Waals surface area contributed by atoms with Gasteiger partial charge in [0.15, 0.2) is 5.82 Å². The number of anilines is 4. The van der Waals surface area contributed by atoms with E-state index in [1.54, 1.807) is 40.0 Å². The maximum absolute atomic E-state index is 13.6. The number of carbonyl (C=O) groups is 2. The summed E-state index contributed by atoms with van der Waals surface area (Å²) in [6.45, 7) is 4.26. The van der Waals surface area contributed by atoms with Gasteiger partial charge in [-0.3, -0.25) is 14.3 Å². The lowest BCUT2D eigenvalue weighted by atomic mass is 10.1. The van der Waals surface area contributed by atoms with Crippen LogP contribution in [-0.2, 0) is 13.6 Å². The van der Waals surface area contributed by atoms with E-state index in [9.17, 15) is 9.59 Å². The summed E-state index contributed by atoms with van der Waals surface area (Å²) in [5.74, 6) is 0.669. The molecular formula is C31H26N8O3. The van der Waals surface area contributed by atoms with Gasteiger partial charge in [0.25, 0.3) is 11.8 Å². The third kappa shape index (κ3) is 4.19. The van der Waals surface area contributed by atoms with Crippen molar-refractivity contribution in [2.45, 2.75) is 20.4 Å². The average Bonchev–Trinajstić information content (AvgIpc) is 3.78. The SMILES string of the molecule is Cc1cnc(Nc2cc(C)n(C)n2)nc1-c1c[nH]c2c(N3Cc4c(NC(=O)c5ccoc5)cccc4C3=O)cccc12. The molecular weight excluding hydrogens is 532 g/mol. The summed E-state index contributed by atoms with van der Waals surface area (Å²) in [5, 5.41) is 11.5. The van der Waals surface area contributed by atoms with Crippen LogP contribution in [0.3, 0.4) is 0 Å². The second-order valence-electron chi connectivity index (χ2n) is 10.2. The molecule has 0 fully saturated rings. The Kier molecular flexibility index (Phi) is 5.86. The Balaban J connectivity index is 1.22. The zero-order chi connectivity index (χ0) is 29.0. The Morgan fingerprint density at radius 1 is 1.10 bits per heavy atom. The molecule has 11 heteroatoms. The average molecular weight is 559 g/mol. The van der Waals surface area contributed by atoms with Crippen molar-refractivity contribution in [2.24, 2.45) is 7.05 Å². The second-order valence-corrected chi connectivity index (χ2v) is 10.2. The van der Waals surface area contributed by atoms with E-state index in [1.807, 2.05) is 51.4 Å². The third-order valence-corrected chi connectivity index (χ3v) is 7.56. The Labute approximate surface area is 240 Å². The van der Waals surface area contributed by atoms with Gasteiger partial charge in [0.1, 0.15) is 6.26 Å². The minimum atomic E-state index is -0.300. The van der Waals surface area contributed by atoms with Crippen molar-refractivity contribution in [3.8, 4) is 11.3 Å². The number of H-pyrrole nitrogens is 1. The first-order valence-corrected chi connectivity index (χ1v) is 13.4. The highest BCUT2D eigenvalue weighted by atomic mass is 16.3. The molecule has 6 aromatic rings. The van der Waals surface area contributed by atoms with Gasteiger partial charge in [-0.05, 0) is 43.7 Å². The van der Waals surface area contributed by atoms with Gasteiger partial charge in [-0.2, -0.15) is 5.10 Å². The number of benzene rings is 2. The van der Waals surface area contributed by atoms with Gasteiger partial charge in [0.05, 0.1) is 35.3 Å². The van der Waals surface area contributed by atoms with E-state index < -0.39 is 0 Å². The Morgan fingerprint density at radius 3 is 2.74 bits per heavy atom. The van der Waals surface area contributed by atoms with E-state index in [-0.39, 0.29) is 11.8 Å². The van der Waals surface area contributed by atoms with Crippen molar-refractivity contribution < 1.29 is 14.0 Å². The number of hydrogen-bond donors (Lipinski definition) is 3. The fourth-order valence-corrected chi connectivity index (χ4v) is 5.30. The van der Waals surface area contributed by atoms with Crippen LogP contribution in [0.4, 0.5) is 23.1 Å². The normalized spacial score (nSPS) is 12.6. The number of aromatic nitrogens is 5. The number of nitrogens with zero attached hydrogens (tertiary/aromatic N) is 5.